The molecule has 2 aromatic carbocycles. The molecule has 0 spiro atoms. The van der Waals surface area contributed by atoms with Gasteiger partial charge in [-0.2, -0.15) is 0 Å². The van der Waals surface area contributed by atoms with Crippen LogP contribution in [0.2, 0.25) is 10.0 Å². The van der Waals surface area contributed by atoms with Gasteiger partial charge in [0.25, 0.3) is 5.91 Å². The van der Waals surface area contributed by atoms with Gasteiger partial charge in [-0.15, -0.1) is 0 Å². The molecule has 0 aliphatic carbocycles. The molecule has 0 atom stereocenters. The Balaban J connectivity index is 1.65. The first-order chi connectivity index (χ1) is 12.1. The maximum absolute atomic E-state index is 12.8. The average molecular weight is 391 g/mol. The molecule has 3 aromatic rings. The first kappa shape index (κ1) is 16.5. The lowest BCUT2D eigenvalue weighted by molar-refractivity contribution is 0.0831. The number of carbonyl (C=O) groups is 1. The molecule has 1 amide bonds. The molecule has 0 unspecified atom stereocenters. The lowest BCUT2D eigenvalue weighted by atomic mass is 10.2. The third-order valence-electron chi connectivity index (χ3n) is 3.79. The number of benzene rings is 2. The van der Waals surface area contributed by atoms with E-state index in [0.717, 1.165) is 11.1 Å². The van der Waals surface area contributed by atoms with Gasteiger partial charge in [-0.25, -0.2) is 4.99 Å². The van der Waals surface area contributed by atoms with Gasteiger partial charge >= 0.3 is 0 Å². The van der Waals surface area contributed by atoms with Crippen LogP contribution in [0.5, 0.6) is 0 Å². The molecule has 1 fully saturated rings. The molecular formula is C18H12Cl2N2O2S. The van der Waals surface area contributed by atoms with Crippen molar-refractivity contribution in [3.05, 3.63) is 64.3 Å². The van der Waals surface area contributed by atoms with Gasteiger partial charge in [0.2, 0.25) is 0 Å². The molecule has 0 saturated carbocycles. The molecule has 0 radical (unpaired) electrons. The fraction of sp³-hybridized carbons (Fsp3) is 0.111. The minimum Gasteiger partial charge on any atom is -0.451 e. The van der Waals surface area contributed by atoms with Crippen LogP contribution in [-0.4, -0.2) is 28.3 Å². The fourth-order valence-electron chi connectivity index (χ4n) is 2.57. The highest BCUT2D eigenvalue weighted by Gasteiger charge is 2.29. The molecule has 126 valence electrons. The number of amidine groups is 1. The van der Waals surface area contributed by atoms with Crippen LogP contribution in [0.1, 0.15) is 10.6 Å². The summed E-state index contributed by atoms with van der Waals surface area (Å²) in [5.74, 6) is 0.900. The van der Waals surface area contributed by atoms with Crippen molar-refractivity contribution in [3.8, 4) is 0 Å². The van der Waals surface area contributed by atoms with E-state index >= 15 is 0 Å². The van der Waals surface area contributed by atoms with E-state index < -0.39 is 0 Å². The summed E-state index contributed by atoms with van der Waals surface area (Å²) in [6.45, 7) is 0.584. The van der Waals surface area contributed by atoms with E-state index in [-0.39, 0.29) is 5.91 Å². The minimum atomic E-state index is -0.194. The number of para-hydroxylation sites is 1. The molecule has 4 rings (SSSR count). The third kappa shape index (κ3) is 3.27. The molecular weight excluding hydrogens is 379 g/mol. The molecule has 1 aromatic heterocycles. The third-order valence-corrected chi connectivity index (χ3v) is 5.48. The van der Waals surface area contributed by atoms with Crippen LogP contribution >= 0.6 is 35.0 Å². The smallest absolute Gasteiger partial charge is 0.295 e. The summed E-state index contributed by atoms with van der Waals surface area (Å²) in [5.41, 5.74) is 1.35. The number of hydrogen-bond acceptors (Lipinski definition) is 4. The number of furan rings is 1. The molecule has 25 heavy (non-hydrogen) atoms. The first-order valence-electron chi connectivity index (χ1n) is 7.59. The number of hydrogen-bond donors (Lipinski definition) is 0. The van der Waals surface area contributed by atoms with Crippen LogP contribution in [0.25, 0.3) is 11.0 Å². The highest BCUT2D eigenvalue weighted by atomic mass is 35.5. The Kier molecular flexibility index (Phi) is 4.46. The van der Waals surface area contributed by atoms with Gasteiger partial charge in [0.15, 0.2) is 10.9 Å². The van der Waals surface area contributed by atoms with Gasteiger partial charge < -0.3 is 4.42 Å². The SMILES string of the molecule is O=C(c1cc2ccccc2o1)N1CCSC1=Nc1ccc(Cl)c(Cl)c1. The molecule has 4 nitrogen and oxygen atoms in total. The number of aliphatic imine (C=N–C) groups is 1. The number of rotatable bonds is 2. The van der Waals surface area contributed by atoms with Crippen molar-refractivity contribution >= 4 is 62.7 Å². The average Bonchev–Trinajstić information content (AvgIpc) is 3.24. The van der Waals surface area contributed by atoms with Crippen molar-refractivity contribution in [3.63, 3.8) is 0 Å². The summed E-state index contributed by atoms with van der Waals surface area (Å²) >= 11 is 13.5. The van der Waals surface area contributed by atoms with Crippen molar-refractivity contribution in [1.82, 2.24) is 4.90 Å². The van der Waals surface area contributed by atoms with Crippen LogP contribution in [0, 0.1) is 0 Å². The van der Waals surface area contributed by atoms with Gasteiger partial charge in [-0.1, -0.05) is 53.2 Å². The van der Waals surface area contributed by atoms with E-state index in [1.807, 2.05) is 24.3 Å². The second kappa shape index (κ2) is 6.75. The van der Waals surface area contributed by atoms with E-state index in [4.69, 9.17) is 27.6 Å². The number of halogens is 2. The van der Waals surface area contributed by atoms with Crippen molar-refractivity contribution in [2.24, 2.45) is 4.99 Å². The van der Waals surface area contributed by atoms with Gasteiger partial charge in [0, 0.05) is 17.7 Å². The molecule has 0 bridgehead atoms. The molecule has 7 heteroatoms. The highest BCUT2D eigenvalue weighted by molar-refractivity contribution is 8.14. The van der Waals surface area contributed by atoms with Crippen LogP contribution < -0.4 is 0 Å². The molecule has 1 saturated heterocycles. The maximum Gasteiger partial charge on any atom is 0.295 e. The Labute approximate surface area is 158 Å². The molecule has 1 aliphatic rings. The van der Waals surface area contributed by atoms with Crippen molar-refractivity contribution in [2.45, 2.75) is 0 Å². The van der Waals surface area contributed by atoms with E-state index in [0.29, 0.717) is 38.8 Å². The summed E-state index contributed by atoms with van der Waals surface area (Å²) in [6.07, 6.45) is 0. The largest absolute Gasteiger partial charge is 0.451 e. The Morgan fingerprint density at radius 1 is 1.12 bits per heavy atom. The van der Waals surface area contributed by atoms with Crippen LogP contribution in [0.3, 0.4) is 0 Å². The van der Waals surface area contributed by atoms with Crippen molar-refractivity contribution in [2.75, 3.05) is 12.3 Å². The van der Waals surface area contributed by atoms with Gasteiger partial charge in [0.05, 0.1) is 15.7 Å². The summed E-state index contributed by atoms with van der Waals surface area (Å²) < 4.78 is 5.68. The zero-order chi connectivity index (χ0) is 17.4. The van der Waals surface area contributed by atoms with E-state index in [2.05, 4.69) is 4.99 Å². The number of amides is 1. The number of thioether (sulfide) groups is 1. The minimum absolute atomic E-state index is 0.194. The molecule has 1 aliphatic heterocycles. The van der Waals surface area contributed by atoms with Gasteiger partial charge in [-0.05, 0) is 30.3 Å². The standard InChI is InChI=1S/C18H12Cl2N2O2S/c19-13-6-5-12(10-14(13)20)21-18-22(7-8-25-18)17(23)16-9-11-3-1-2-4-15(11)24-16/h1-6,9-10H,7-8H2. The van der Waals surface area contributed by atoms with E-state index in [1.165, 1.54) is 11.8 Å². The van der Waals surface area contributed by atoms with Gasteiger partial charge in [0.1, 0.15) is 5.58 Å². The lowest BCUT2D eigenvalue weighted by Gasteiger charge is -2.14. The quantitative estimate of drug-likeness (QED) is 0.570. The van der Waals surface area contributed by atoms with Gasteiger partial charge in [-0.3, -0.25) is 9.69 Å². The zero-order valence-electron chi connectivity index (χ0n) is 12.9. The van der Waals surface area contributed by atoms with Crippen molar-refractivity contribution in [1.29, 1.82) is 0 Å². The van der Waals surface area contributed by atoms with Crippen LogP contribution in [0.4, 0.5) is 5.69 Å². The lowest BCUT2D eigenvalue weighted by Crippen LogP contribution is -2.31. The number of carbonyl (C=O) groups excluding carboxylic acids is 1. The Hall–Kier alpha value is -1.95. The van der Waals surface area contributed by atoms with Crippen LogP contribution in [-0.2, 0) is 0 Å². The Morgan fingerprint density at radius 3 is 2.76 bits per heavy atom. The van der Waals surface area contributed by atoms with E-state index in [1.54, 1.807) is 29.2 Å². The summed E-state index contributed by atoms with van der Waals surface area (Å²) in [4.78, 5) is 19.0. The zero-order valence-corrected chi connectivity index (χ0v) is 15.2. The fourth-order valence-corrected chi connectivity index (χ4v) is 3.82. The second-order valence-corrected chi connectivity index (χ2v) is 7.32. The normalized spacial score (nSPS) is 16.1. The van der Waals surface area contributed by atoms with Crippen LogP contribution in [0.15, 0.2) is 57.9 Å². The van der Waals surface area contributed by atoms with E-state index in [9.17, 15) is 4.79 Å². The predicted molar refractivity (Wildman–Crippen MR) is 103 cm³/mol. The second-order valence-electron chi connectivity index (χ2n) is 5.45. The number of fused-ring (bicyclic) bond motifs is 1. The molecule has 0 N–H and O–H groups in total. The number of nitrogens with zero attached hydrogens (tertiary/aromatic N) is 2. The Morgan fingerprint density at radius 2 is 1.96 bits per heavy atom. The summed E-state index contributed by atoms with van der Waals surface area (Å²) in [7, 11) is 0. The maximum atomic E-state index is 12.8. The monoisotopic (exact) mass is 390 g/mol. The molecule has 2 heterocycles. The topological polar surface area (TPSA) is 45.8 Å². The Bertz CT molecular complexity index is 967. The summed E-state index contributed by atoms with van der Waals surface area (Å²) in [5, 5.41) is 2.44. The highest BCUT2D eigenvalue weighted by Crippen LogP contribution is 2.30. The van der Waals surface area contributed by atoms with Crippen molar-refractivity contribution < 1.29 is 9.21 Å². The first-order valence-corrected chi connectivity index (χ1v) is 9.33. The summed E-state index contributed by atoms with van der Waals surface area (Å²) in [6, 6.07) is 14.4. The predicted octanol–water partition coefficient (Wildman–Crippen LogP) is 5.62.